The van der Waals surface area contributed by atoms with Gasteiger partial charge in [-0.1, -0.05) is 182 Å². The zero-order valence-electron chi connectivity index (χ0n) is 42.4. The maximum atomic E-state index is 12.8. The third kappa shape index (κ3) is 45.5. The topological polar surface area (TPSA) is 102 Å². The highest BCUT2D eigenvalue weighted by Gasteiger charge is 2.25. The zero-order chi connectivity index (χ0) is 47.7. The highest BCUT2D eigenvalue weighted by atomic mass is 16.6. The Morgan fingerprint density at radius 2 is 0.862 bits per heavy atom. The monoisotopic (exact) mass is 908 g/mol. The summed E-state index contributed by atoms with van der Waals surface area (Å²) < 4.78 is 17.2. The maximum Gasteiger partial charge on any atom is 0.306 e. The van der Waals surface area contributed by atoms with Crippen LogP contribution in [0.4, 0.5) is 0 Å². The number of quaternary nitrogens is 1. The van der Waals surface area contributed by atoms with Gasteiger partial charge in [-0.3, -0.25) is 9.59 Å². The summed E-state index contributed by atoms with van der Waals surface area (Å²) in [6, 6.07) is -0.740. The number of likely N-dealkylation sites (N-methyl/N-ethyl adjacent to an activating group) is 1. The molecule has 2 atom stereocenters. The molecule has 0 aliphatic rings. The van der Waals surface area contributed by atoms with Crippen molar-refractivity contribution in [2.45, 2.75) is 219 Å². The Morgan fingerprint density at radius 3 is 1.32 bits per heavy atom. The average Bonchev–Trinajstić information content (AvgIpc) is 3.27. The number of hydrogen-bond acceptors (Lipinski definition) is 7. The number of unbranched alkanes of at least 4 members (excludes halogenated alkanes) is 18. The molecule has 8 nitrogen and oxygen atoms in total. The smallest absolute Gasteiger partial charge is 0.306 e. The van der Waals surface area contributed by atoms with Gasteiger partial charge in [0.15, 0.2) is 6.10 Å². The molecule has 0 N–H and O–H groups in total. The predicted octanol–water partition coefficient (Wildman–Crippen LogP) is 13.9. The summed E-state index contributed by atoms with van der Waals surface area (Å²) in [5.41, 5.74) is 0. The van der Waals surface area contributed by atoms with Crippen molar-refractivity contribution in [3.63, 3.8) is 0 Å². The first-order chi connectivity index (χ1) is 31.6. The van der Waals surface area contributed by atoms with E-state index in [9.17, 15) is 19.5 Å². The second-order valence-corrected chi connectivity index (χ2v) is 18.4. The number of aliphatic carboxylic acids is 1. The van der Waals surface area contributed by atoms with Gasteiger partial charge in [0, 0.05) is 19.3 Å². The van der Waals surface area contributed by atoms with Gasteiger partial charge >= 0.3 is 11.9 Å². The van der Waals surface area contributed by atoms with Gasteiger partial charge in [0.2, 0.25) is 0 Å². The summed E-state index contributed by atoms with van der Waals surface area (Å²) in [6.07, 6.45) is 61.9. The first kappa shape index (κ1) is 61.5. The molecule has 0 aromatic rings. The van der Waals surface area contributed by atoms with Crippen LogP contribution >= 0.6 is 0 Å². The molecule has 2 unspecified atom stereocenters. The summed E-state index contributed by atoms with van der Waals surface area (Å²) in [5, 5.41) is 11.7. The van der Waals surface area contributed by atoms with Crippen LogP contribution < -0.4 is 5.11 Å². The Bertz CT molecular complexity index is 1330. The fourth-order valence-corrected chi connectivity index (χ4v) is 7.25. The summed E-state index contributed by atoms with van der Waals surface area (Å²) in [6.45, 7) is 4.50. The van der Waals surface area contributed by atoms with E-state index < -0.39 is 18.1 Å². The van der Waals surface area contributed by atoms with Crippen LogP contribution in [0.15, 0.2) is 85.1 Å². The van der Waals surface area contributed by atoms with E-state index in [1.807, 2.05) is 0 Å². The molecule has 0 amide bonds. The second-order valence-electron chi connectivity index (χ2n) is 18.4. The highest BCUT2D eigenvalue weighted by Crippen LogP contribution is 2.14. The van der Waals surface area contributed by atoms with Gasteiger partial charge in [0.25, 0.3) is 0 Å². The third-order valence-electron chi connectivity index (χ3n) is 11.3. The average molecular weight is 908 g/mol. The Morgan fingerprint density at radius 1 is 0.477 bits per heavy atom. The number of esters is 2. The number of carboxylic acids is 1. The number of carboxylic acid groups (broad SMARTS) is 1. The molecule has 0 fully saturated rings. The molecule has 0 bridgehead atoms. The van der Waals surface area contributed by atoms with Crippen LogP contribution in [-0.4, -0.2) is 75.5 Å². The van der Waals surface area contributed by atoms with Crippen LogP contribution in [-0.2, 0) is 28.6 Å². The largest absolute Gasteiger partial charge is 0.544 e. The van der Waals surface area contributed by atoms with Crippen LogP contribution in [0.25, 0.3) is 0 Å². The fourth-order valence-electron chi connectivity index (χ4n) is 7.25. The van der Waals surface area contributed by atoms with Crippen molar-refractivity contribution in [1.29, 1.82) is 0 Å². The zero-order valence-corrected chi connectivity index (χ0v) is 42.4. The number of carbonyl (C=O) groups excluding carboxylic acids is 3. The van der Waals surface area contributed by atoms with E-state index >= 15 is 0 Å². The van der Waals surface area contributed by atoms with E-state index in [-0.39, 0.29) is 49.1 Å². The molecule has 0 aliphatic heterocycles. The number of ether oxygens (including phenoxy) is 3. The van der Waals surface area contributed by atoms with E-state index in [0.29, 0.717) is 12.8 Å². The molecule has 0 aromatic carbocycles. The number of hydrogen-bond donors (Lipinski definition) is 0. The van der Waals surface area contributed by atoms with Crippen molar-refractivity contribution < 1.29 is 38.2 Å². The van der Waals surface area contributed by atoms with Crippen LogP contribution in [0.2, 0.25) is 0 Å². The van der Waals surface area contributed by atoms with E-state index in [2.05, 4.69) is 98.9 Å². The van der Waals surface area contributed by atoms with E-state index in [1.165, 1.54) is 96.3 Å². The molecule has 0 saturated carbocycles. The lowest BCUT2D eigenvalue weighted by atomic mass is 10.1. The second kappa shape index (κ2) is 47.0. The summed E-state index contributed by atoms with van der Waals surface area (Å²) in [4.78, 5) is 37.0. The van der Waals surface area contributed by atoms with Gasteiger partial charge in [-0.15, -0.1) is 0 Å². The SMILES string of the molecule is CC/C=C/C/C=C/C/C=C/C/C=C/C/C=C/C/C=C/CCCCC(=O)OC(COCCC(C(=O)[O-])[N+](C)(C)C)COC(=O)CCCCCCCCC/C=C/CCCCCCCCCCC. The van der Waals surface area contributed by atoms with Crippen molar-refractivity contribution >= 4 is 17.9 Å². The molecule has 0 heterocycles. The summed E-state index contributed by atoms with van der Waals surface area (Å²) >= 11 is 0. The number of nitrogens with zero attached hydrogens (tertiary/aromatic N) is 1. The number of carbonyl (C=O) groups is 3. The van der Waals surface area contributed by atoms with E-state index in [4.69, 9.17) is 14.2 Å². The lowest BCUT2D eigenvalue weighted by Crippen LogP contribution is -2.55. The normalized spacial score (nSPS) is 13.6. The van der Waals surface area contributed by atoms with E-state index in [0.717, 1.165) is 70.6 Å². The molecule has 0 saturated heterocycles. The molecule has 0 aliphatic carbocycles. The minimum absolute atomic E-state index is 0.0174. The summed E-state index contributed by atoms with van der Waals surface area (Å²) in [5.74, 6) is -1.80. The van der Waals surface area contributed by atoms with Gasteiger partial charge in [-0.25, -0.2) is 0 Å². The minimum atomic E-state index is -1.13. The standard InChI is InChI=1S/C57H97NO7/c1-6-8-10-12-14-16-18-20-22-24-26-28-30-32-34-36-38-40-42-44-46-48-56(60)65-53(51-63-50-49-54(57(61)62)58(3,4)5)52-64-55(59)47-45-43-41-39-37-35-33-31-29-27-25-23-21-19-17-15-13-11-9-7-2/h8,10,14,16,20,22,26-29,32,34,38,40,53-54H,6-7,9,11-13,15,17-19,21,23-25,30-31,33,35-37,39,41-52H2,1-5H3/b10-8+,16-14+,22-20+,28-26+,29-27+,34-32+,40-38+. The molecule has 0 aromatic heterocycles. The Kier molecular flexibility index (Phi) is 44.5. The molecule has 372 valence electrons. The van der Waals surface area contributed by atoms with Crippen molar-refractivity contribution in [2.75, 3.05) is 41.0 Å². The van der Waals surface area contributed by atoms with Crippen molar-refractivity contribution in [3.8, 4) is 0 Å². The maximum absolute atomic E-state index is 12.8. The molecular weight excluding hydrogens is 811 g/mol. The molecule has 0 radical (unpaired) electrons. The minimum Gasteiger partial charge on any atom is -0.544 e. The molecule has 0 rings (SSSR count). The van der Waals surface area contributed by atoms with Crippen LogP contribution in [0.3, 0.4) is 0 Å². The Labute approximate surface area is 399 Å². The van der Waals surface area contributed by atoms with Gasteiger partial charge in [-0.05, 0) is 89.9 Å². The van der Waals surface area contributed by atoms with Crippen LogP contribution in [0, 0.1) is 0 Å². The first-order valence-corrected chi connectivity index (χ1v) is 26.1. The van der Waals surface area contributed by atoms with E-state index in [1.54, 1.807) is 21.1 Å². The fraction of sp³-hybridized carbons (Fsp3) is 0.702. The lowest BCUT2D eigenvalue weighted by Gasteiger charge is -2.34. The molecule has 65 heavy (non-hydrogen) atoms. The van der Waals surface area contributed by atoms with Gasteiger partial charge in [0.05, 0.1) is 40.3 Å². The van der Waals surface area contributed by atoms with Gasteiger partial charge in [-0.2, -0.15) is 0 Å². The molecule has 0 spiro atoms. The number of rotatable bonds is 46. The first-order valence-electron chi connectivity index (χ1n) is 26.1. The van der Waals surface area contributed by atoms with Crippen molar-refractivity contribution in [2.24, 2.45) is 0 Å². The van der Waals surface area contributed by atoms with Crippen molar-refractivity contribution in [1.82, 2.24) is 0 Å². The van der Waals surface area contributed by atoms with Crippen LogP contribution in [0.1, 0.15) is 206 Å². The molecule has 8 heteroatoms. The van der Waals surface area contributed by atoms with Crippen molar-refractivity contribution in [3.05, 3.63) is 85.1 Å². The lowest BCUT2D eigenvalue weighted by molar-refractivity contribution is -0.889. The molecular formula is C57H97NO7. The van der Waals surface area contributed by atoms with Gasteiger partial charge < -0.3 is 28.6 Å². The predicted molar refractivity (Wildman–Crippen MR) is 272 cm³/mol. The number of allylic oxidation sites excluding steroid dienone is 14. The Hall–Kier alpha value is -3.49. The third-order valence-corrected chi connectivity index (χ3v) is 11.3. The van der Waals surface area contributed by atoms with Crippen LogP contribution in [0.5, 0.6) is 0 Å². The quantitative estimate of drug-likeness (QED) is 0.0259. The highest BCUT2D eigenvalue weighted by molar-refractivity contribution is 5.70. The van der Waals surface area contributed by atoms with Gasteiger partial charge in [0.1, 0.15) is 12.6 Å². The summed E-state index contributed by atoms with van der Waals surface area (Å²) in [7, 11) is 5.39. The Balaban J connectivity index is 4.34.